The molecule has 26 heavy (non-hydrogen) atoms. The fourth-order valence-electron chi connectivity index (χ4n) is 3.65. The molecule has 1 atom stereocenters. The molecule has 0 aliphatic carbocycles. The topological polar surface area (TPSA) is 70.7 Å². The molecule has 2 aliphatic rings. The van der Waals surface area contributed by atoms with Crippen molar-refractivity contribution in [1.29, 1.82) is 0 Å². The predicted octanol–water partition coefficient (Wildman–Crippen LogP) is 2.18. The molecular weight excluding hydrogens is 328 g/mol. The molecule has 1 aromatic heterocycles. The average molecular weight is 350 g/mol. The van der Waals surface area contributed by atoms with E-state index in [0.717, 1.165) is 40.9 Å². The lowest BCUT2D eigenvalue weighted by Crippen LogP contribution is -2.36. The minimum absolute atomic E-state index is 0.00446. The minimum Gasteiger partial charge on any atom is -0.389 e. The number of aliphatic hydroxyl groups is 1. The van der Waals surface area contributed by atoms with E-state index in [1.165, 1.54) is 0 Å². The van der Waals surface area contributed by atoms with E-state index in [9.17, 15) is 9.90 Å². The number of nitrogens with zero attached hydrogens (tertiary/aromatic N) is 4. The molecule has 0 saturated carbocycles. The summed E-state index contributed by atoms with van der Waals surface area (Å²) in [6.45, 7) is 4.56. The summed E-state index contributed by atoms with van der Waals surface area (Å²) in [4.78, 5) is 23.3. The van der Waals surface area contributed by atoms with Crippen LogP contribution in [-0.4, -0.2) is 44.4 Å². The van der Waals surface area contributed by atoms with Gasteiger partial charge >= 0.3 is 0 Å². The first kappa shape index (κ1) is 16.7. The zero-order valence-corrected chi connectivity index (χ0v) is 15.0. The molecule has 6 heteroatoms. The van der Waals surface area contributed by atoms with Crippen molar-refractivity contribution in [2.75, 3.05) is 13.1 Å². The van der Waals surface area contributed by atoms with Crippen LogP contribution in [0.5, 0.6) is 0 Å². The number of aryl methyl sites for hydroxylation is 1. The Hall–Kier alpha value is -2.73. The van der Waals surface area contributed by atoms with E-state index >= 15 is 0 Å². The molecule has 0 spiro atoms. The lowest BCUT2D eigenvalue weighted by atomic mass is 9.90. The van der Waals surface area contributed by atoms with Gasteiger partial charge in [0.05, 0.1) is 17.5 Å². The van der Waals surface area contributed by atoms with E-state index in [1.807, 2.05) is 39.9 Å². The van der Waals surface area contributed by atoms with Crippen molar-refractivity contribution in [3.63, 3.8) is 0 Å². The van der Waals surface area contributed by atoms with Gasteiger partial charge in [-0.2, -0.15) is 0 Å². The number of carbonyl (C=O) groups is 1. The fraction of sp³-hybridized carbons (Fsp3) is 0.350. The van der Waals surface area contributed by atoms with Gasteiger partial charge in [0, 0.05) is 24.4 Å². The molecule has 2 aromatic rings. The predicted molar refractivity (Wildman–Crippen MR) is 99.8 cm³/mol. The van der Waals surface area contributed by atoms with Crippen LogP contribution in [0.15, 0.2) is 41.8 Å². The normalized spacial score (nSPS) is 17.8. The van der Waals surface area contributed by atoms with Crippen molar-refractivity contribution in [3.05, 3.63) is 59.2 Å². The minimum atomic E-state index is -0.535. The molecule has 1 amide bonds. The Labute approximate surface area is 152 Å². The van der Waals surface area contributed by atoms with Crippen LogP contribution >= 0.6 is 0 Å². The average Bonchev–Trinajstić information content (AvgIpc) is 3.06. The number of carbonyl (C=O) groups excluding carboxylic acids is 1. The molecule has 0 unspecified atom stereocenters. The van der Waals surface area contributed by atoms with Crippen LogP contribution in [-0.2, 0) is 17.6 Å². The molecule has 0 radical (unpaired) electrons. The molecule has 3 heterocycles. The van der Waals surface area contributed by atoms with Gasteiger partial charge in [0.2, 0.25) is 5.91 Å². The zero-order chi connectivity index (χ0) is 18.3. The van der Waals surface area contributed by atoms with Gasteiger partial charge in [-0.25, -0.2) is 4.98 Å². The smallest absolute Gasteiger partial charge is 0.248 e. The first-order valence-corrected chi connectivity index (χ1v) is 8.98. The number of rotatable bonds is 2. The highest BCUT2D eigenvalue weighted by Crippen LogP contribution is 2.34. The van der Waals surface area contributed by atoms with Gasteiger partial charge in [-0.15, -0.1) is 0 Å². The lowest BCUT2D eigenvalue weighted by Gasteiger charge is -2.32. The van der Waals surface area contributed by atoms with Crippen molar-refractivity contribution in [1.82, 2.24) is 14.5 Å². The first-order valence-electron chi connectivity index (χ1n) is 8.98. The molecule has 0 bridgehead atoms. The quantitative estimate of drug-likeness (QED) is 0.902. The SMILES string of the molecule is CCc1cn(C2=NCC(=O)N3CCc4c(cccc4[C@H](C)O)C3=C2)cn1. The second-order valence-electron chi connectivity index (χ2n) is 6.67. The maximum Gasteiger partial charge on any atom is 0.248 e. The Morgan fingerprint density at radius 3 is 2.92 bits per heavy atom. The number of benzene rings is 1. The van der Waals surface area contributed by atoms with Crippen LogP contribution in [0.3, 0.4) is 0 Å². The molecule has 0 fully saturated rings. The Morgan fingerprint density at radius 2 is 2.19 bits per heavy atom. The summed E-state index contributed by atoms with van der Waals surface area (Å²) in [6, 6.07) is 5.90. The molecule has 2 aliphatic heterocycles. The number of amides is 1. The number of aromatic nitrogens is 2. The van der Waals surface area contributed by atoms with E-state index in [1.54, 1.807) is 13.3 Å². The van der Waals surface area contributed by atoms with Gasteiger partial charge in [0.1, 0.15) is 18.7 Å². The Balaban J connectivity index is 1.84. The maximum atomic E-state index is 12.6. The monoisotopic (exact) mass is 350 g/mol. The summed E-state index contributed by atoms with van der Waals surface area (Å²) in [5, 5.41) is 10.1. The third-order valence-corrected chi connectivity index (χ3v) is 5.02. The van der Waals surface area contributed by atoms with E-state index in [0.29, 0.717) is 12.4 Å². The largest absolute Gasteiger partial charge is 0.389 e. The fourth-order valence-corrected chi connectivity index (χ4v) is 3.65. The van der Waals surface area contributed by atoms with Crippen LogP contribution in [0.4, 0.5) is 0 Å². The van der Waals surface area contributed by atoms with Crippen LogP contribution in [0.2, 0.25) is 0 Å². The summed E-state index contributed by atoms with van der Waals surface area (Å²) >= 11 is 0. The lowest BCUT2D eigenvalue weighted by molar-refractivity contribution is -0.126. The van der Waals surface area contributed by atoms with E-state index in [4.69, 9.17) is 0 Å². The summed E-state index contributed by atoms with van der Waals surface area (Å²) in [7, 11) is 0. The van der Waals surface area contributed by atoms with E-state index < -0.39 is 6.10 Å². The van der Waals surface area contributed by atoms with Crippen LogP contribution in [0, 0.1) is 0 Å². The number of imidazole rings is 1. The Bertz CT molecular complexity index is 924. The van der Waals surface area contributed by atoms with E-state index in [-0.39, 0.29) is 12.5 Å². The number of aliphatic imine (C=N–C) groups is 1. The molecule has 0 saturated heterocycles. The summed E-state index contributed by atoms with van der Waals surface area (Å²) < 4.78 is 1.87. The number of fused-ring (bicyclic) bond motifs is 3. The van der Waals surface area contributed by atoms with Crippen molar-refractivity contribution in [3.8, 4) is 0 Å². The van der Waals surface area contributed by atoms with Crippen molar-refractivity contribution < 1.29 is 9.90 Å². The zero-order valence-electron chi connectivity index (χ0n) is 15.0. The summed E-state index contributed by atoms with van der Waals surface area (Å²) in [6.07, 6.45) is 6.70. The van der Waals surface area contributed by atoms with Crippen molar-refractivity contribution in [2.45, 2.75) is 32.8 Å². The third-order valence-electron chi connectivity index (χ3n) is 5.02. The van der Waals surface area contributed by atoms with Gasteiger partial charge in [0.15, 0.2) is 0 Å². The van der Waals surface area contributed by atoms with Crippen LogP contribution < -0.4 is 0 Å². The Kier molecular flexibility index (Phi) is 4.20. The Morgan fingerprint density at radius 1 is 1.35 bits per heavy atom. The van der Waals surface area contributed by atoms with Crippen LogP contribution in [0.25, 0.3) is 5.70 Å². The standard InChI is InChI=1S/C20H22N4O2/c1-3-14-11-23(12-22-14)19-9-18-17-6-4-5-15(13(2)25)16(17)7-8-24(18)20(26)10-21-19/h4-6,9,11-13,25H,3,7-8,10H2,1-2H3/t13-/m0/s1. The van der Waals surface area contributed by atoms with Crippen molar-refractivity contribution in [2.24, 2.45) is 4.99 Å². The highest BCUT2D eigenvalue weighted by atomic mass is 16.3. The molecule has 1 aromatic carbocycles. The first-order chi connectivity index (χ1) is 12.6. The van der Waals surface area contributed by atoms with Gasteiger partial charge in [-0.05, 0) is 30.9 Å². The van der Waals surface area contributed by atoms with Gasteiger partial charge in [-0.1, -0.05) is 25.1 Å². The van der Waals surface area contributed by atoms with Crippen molar-refractivity contribution >= 4 is 17.4 Å². The third kappa shape index (κ3) is 2.76. The molecule has 4 rings (SSSR count). The molecule has 6 nitrogen and oxygen atoms in total. The molecule has 134 valence electrons. The number of aliphatic hydroxyl groups excluding tert-OH is 1. The number of hydrogen-bond acceptors (Lipinski definition) is 4. The van der Waals surface area contributed by atoms with E-state index in [2.05, 4.69) is 16.9 Å². The van der Waals surface area contributed by atoms with Gasteiger partial charge in [-0.3, -0.25) is 14.4 Å². The number of allylic oxidation sites excluding steroid dienone is 1. The van der Waals surface area contributed by atoms with Crippen LogP contribution in [0.1, 0.15) is 42.3 Å². The molecular formula is C20H22N4O2. The summed E-state index contributed by atoms with van der Waals surface area (Å²) in [5.74, 6) is 0.702. The number of hydrogen-bond donors (Lipinski definition) is 1. The highest BCUT2D eigenvalue weighted by Gasteiger charge is 2.29. The maximum absolute atomic E-state index is 12.6. The highest BCUT2D eigenvalue weighted by molar-refractivity contribution is 6.06. The second kappa shape index (κ2) is 6.53. The van der Waals surface area contributed by atoms with Gasteiger partial charge in [0.25, 0.3) is 0 Å². The summed E-state index contributed by atoms with van der Waals surface area (Å²) in [5.41, 5.74) is 4.86. The molecule has 1 N–H and O–H groups in total. The van der Waals surface area contributed by atoms with Gasteiger partial charge < -0.3 is 10.0 Å². The second-order valence-corrected chi connectivity index (χ2v) is 6.67.